The number of hydrogen-bond donors (Lipinski definition) is 1. The Hall–Kier alpha value is -2.59. The highest BCUT2D eigenvalue weighted by molar-refractivity contribution is 9.10. The molecule has 0 aliphatic carbocycles. The number of rotatable bonds is 12. The number of halogens is 3. The van der Waals surface area contributed by atoms with Crippen LogP contribution in [0.15, 0.2) is 76.1 Å². The van der Waals surface area contributed by atoms with Crippen LogP contribution >= 0.6 is 39.1 Å². The Labute approximate surface area is 261 Å². The number of nitrogens with one attached hydrogen (secondary N) is 1. The Balaban J connectivity index is 2.09. The molecule has 0 radical (unpaired) electrons. The number of benzene rings is 3. The molecular formula is C30H34BrCl2N3O4S. The van der Waals surface area contributed by atoms with Crippen LogP contribution in [0.3, 0.4) is 0 Å². The summed E-state index contributed by atoms with van der Waals surface area (Å²) in [6, 6.07) is 17.1. The summed E-state index contributed by atoms with van der Waals surface area (Å²) in [5.41, 5.74) is 1.67. The van der Waals surface area contributed by atoms with E-state index < -0.39 is 28.5 Å². The number of amides is 2. The molecule has 3 aromatic rings. The van der Waals surface area contributed by atoms with Crippen molar-refractivity contribution in [3.63, 3.8) is 0 Å². The molecule has 41 heavy (non-hydrogen) atoms. The van der Waals surface area contributed by atoms with E-state index in [9.17, 15) is 18.0 Å². The van der Waals surface area contributed by atoms with Gasteiger partial charge in [0.1, 0.15) is 12.6 Å². The Kier molecular flexibility index (Phi) is 11.7. The predicted octanol–water partition coefficient (Wildman–Crippen LogP) is 6.98. The fourth-order valence-corrected chi connectivity index (χ4v) is 6.38. The van der Waals surface area contributed by atoms with Crippen molar-refractivity contribution in [2.45, 2.75) is 64.1 Å². The van der Waals surface area contributed by atoms with Crippen LogP contribution in [0.2, 0.25) is 10.0 Å². The van der Waals surface area contributed by atoms with Gasteiger partial charge in [0.05, 0.1) is 10.6 Å². The molecule has 0 bridgehead atoms. The van der Waals surface area contributed by atoms with E-state index in [0.29, 0.717) is 34.1 Å². The zero-order chi connectivity index (χ0) is 30.3. The van der Waals surface area contributed by atoms with Crippen LogP contribution in [0.5, 0.6) is 0 Å². The first-order chi connectivity index (χ1) is 19.4. The van der Waals surface area contributed by atoms with Crippen LogP contribution in [0, 0.1) is 6.92 Å². The zero-order valence-electron chi connectivity index (χ0n) is 23.4. The highest BCUT2D eigenvalue weighted by Crippen LogP contribution is 2.29. The van der Waals surface area contributed by atoms with Crippen molar-refractivity contribution in [3.8, 4) is 0 Å². The lowest BCUT2D eigenvalue weighted by atomic mass is 10.1. The summed E-state index contributed by atoms with van der Waals surface area (Å²) < 4.78 is 29.7. The van der Waals surface area contributed by atoms with E-state index >= 15 is 0 Å². The maximum atomic E-state index is 14.2. The van der Waals surface area contributed by atoms with E-state index in [4.69, 9.17) is 23.2 Å². The number of carbonyl (C=O) groups excluding carboxylic acids is 2. The molecule has 2 unspecified atom stereocenters. The first-order valence-electron chi connectivity index (χ1n) is 13.3. The molecule has 0 spiro atoms. The second kappa shape index (κ2) is 14.5. The molecule has 0 heterocycles. The molecule has 1 N–H and O–H groups in total. The standard InChI is InChI=1S/C30H34BrCl2N3O4S/c1-5-21(4)34-30(38)28(6-2)35(18-25-26(32)8-7-9-27(25)33)29(37)19-36(23-14-12-22(31)13-15-23)41(39,40)24-16-10-20(3)11-17-24/h7-17,21,28H,5-6,18-19H2,1-4H3,(H,34,38). The molecule has 3 rings (SSSR count). The van der Waals surface area contributed by atoms with E-state index in [-0.39, 0.29) is 23.4 Å². The molecule has 0 saturated carbocycles. The SMILES string of the molecule is CCC(C)NC(=O)C(CC)N(Cc1c(Cl)cccc1Cl)C(=O)CN(c1ccc(Br)cc1)S(=O)(=O)c1ccc(C)cc1. The van der Waals surface area contributed by atoms with Crippen LogP contribution in [0.4, 0.5) is 5.69 Å². The van der Waals surface area contributed by atoms with Crippen molar-refractivity contribution in [3.05, 3.63) is 92.4 Å². The van der Waals surface area contributed by atoms with Gasteiger partial charge in [-0.2, -0.15) is 0 Å². The topological polar surface area (TPSA) is 86.8 Å². The maximum absolute atomic E-state index is 14.2. The van der Waals surface area contributed by atoms with Gasteiger partial charge in [0, 0.05) is 32.7 Å². The average molecular weight is 683 g/mol. The van der Waals surface area contributed by atoms with Gasteiger partial charge in [-0.1, -0.05) is 76.7 Å². The van der Waals surface area contributed by atoms with E-state index in [0.717, 1.165) is 14.3 Å². The lowest BCUT2D eigenvalue weighted by Gasteiger charge is -2.34. The zero-order valence-corrected chi connectivity index (χ0v) is 27.3. The molecule has 11 heteroatoms. The normalized spacial score (nSPS) is 12.9. The number of anilines is 1. The highest BCUT2D eigenvalue weighted by atomic mass is 79.9. The molecule has 7 nitrogen and oxygen atoms in total. The average Bonchev–Trinajstić information content (AvgIpc) is 2.93. The molecule has 3 aromatic carbocycles. The van der Waals surface area contributed by atoms with Crippen molar-refractivity contribution >= 4 is 66.7 Å². The first kappa shape index (κ1) is 32.9. The molecule has 2 amide bonds. The summed E-state index contributed by atoms with van der Waals surface area (Å²) in [5.74, 6) is -0.916. The molecule has 0 aliphatic heterocycles. The van der Waals surface area contributed by atoms with Gasteiger partial charge < -0.3 is 10.2 Å². The predicted molar refractivity (Wildman–Crippen MR) is 169 cm³/mol. The van der Waals surface area contributed by atoms with Crippen molar-refractivity contribution in [2.75, 3.05) is 10.8 Å². The van der Waals surface area contributed by atoms with Crippen molar-refractivity contribution in [1.82, 2.24) is 10.2 Å². The van der Waals surface area contributed by atoms with Crippen LogP contribution in [-0.2, 0) is 26.2 Å². The van der Waals surface area contributed by atoms with Gasteiger partial charge in [0.25, 0.3) is 10.0 Å². The molecule has 2 atom stereocenters. The highest BCUT2D eigenvalue weighted by Gasteiger charge is 2.34. The number of carbonyl (C=O) groups is 2. The lowest BCUT2D eigenvalue weighted by molar-refractivity contribution is -0.140. The van der Waals surface area contributed by atoms with Crippen molar-refractivity contribution in [1.29, 1.82) is 0 Å². The largest absolute Gasteiger partial charge is 0.352 e. The van der Waals surface area contributed by atoms with Gasteiger partial charge in [0.15, 0.2) is 0 Å². The molecule has 0 fully saturated rings. The Morgan fingerprint density at radius 2 is 1.51 bits per heavy atom. The third-order valence-corrected chi connectivity index (χ3v) is 9.80. The van der Waals surface area contributed by atoms with Gasteiger partial charge in [-0.25, -0.2) is 8.42 Å². The summed E-state index contributed by atoms with van der Waals surface area (Å²) in [6.07, 6.45) is 0.998. The minimum absolute atomic E-state index is 0.0427. The second-order valence-corrected chi connectivity index (χ2v) is 13.4. The Bertz CT molecular complexity index is 1450. The number of nitrogens with zero attached hydrogens (tertiary/aromatic N) is 2. The first-order valence-corrected chi connectivity index (χ1v) is 16.3. The number of aryl methyl sites for hydroxylation is 1. The van der Waals surface area contributed by atoms with Crippen molar-refractivity contribution in [2.24, 2.45) is 0 Å². The smallest absolute Gasteiger partial charge is 0.264 e. The van der Waals surface area contributed by atoms with Crippen molar-refractivity contribution < 1.29 is 18.0 Å². The molecular weight excluding hydrogens is 649 g/mol. The van der Waals surface area contributed by atoms with Gasteiger partial charge >= 0.3 is 0 Å². The quantitative estimate of drug-likeness (QED) is 0.223. The molecule has 0 saturated heterocycles. The minimum Gasteiger partial charge on any atom is -0.352 e. The Morgan fingerprint density at radius 3 is 2.05 bits per heavy atom. The lowest BCUT2D eigenvalue weighted by Crippen LogP contribution is -2.53. The third kappa shape index (κ3) is 8.25. The number of hydrogen-bond acceptors (Lipinski definition) is 4. The van der Waals surface area contributed by atoms with Crippen LogP contribution in [0.25, 0.3) is 0 Å². The third-order valence-electron chi connectivity index (χ3n) is 6.78. The molecule has 220 valence electrons. The van der Waals surface area contributed by atoms with Gasteiger partial charge in [0.2, 0.25) is 11.8 Å². The van der Waals surface area contributed by atoms with E-state index in [1.165, 1.54) is 17.0 Å². The minimum atomic E-state index is -4.16. The fourth-order valence-electron chi connectivity index (χ4n) is 4.19. The second-order valence-electron chi connectivity index (χ2n) is 9.76. The molecule has 0 aromatic heterocycles. The van der Waals surface area contributed by atoms with E-state index in [2.05, 4.69) is 21.2 Å². The van der Waals surface area contributed by atoms with Gasteiger partial charge in [-0.3, -0.25) is 13.9 Å². The molecule has 0 aliphatic rings. The van der Waals surface area contributed by atoms with Crippen LogP contribution in [-0.4, -0.2) is 43.8 Å². The van der Waals surface area contributed by atoms with Crippen LogP contribution < -0.4 is 9.62 Å². The van der Waals surface area contributed by atoms with E-state index in [1.807, 2.05) is 20.8 Å². The van der Waals surface area contributed by atoms with E-state index in [1.54, 1.807) is 61.5 Å². The monoisotopic (exact) mass is 681 g/mol. The summed E-state index contributed by atoms with van der Waals surface area (Å²) in [5, 5.41) is 3.62. The Morgan fingerprint density at radius 1 is 0.927 bits per heavy atom. The summed E-state index contributed by atoms with van der Waals surface area (Å²) in [4.78, 5) is 28.9. The maximum Gasteiger partial charge on any atom is 0.264 e. The fraction of sp³-hybridized carbons (Fsp3) is 0.333. The summed E-state index contributed by atoms with van der Waals surface area (Å²) >= 11 is 16.3. The number of sulfonamides is 1. The summed E-state index contributed by atoms with van der Waals surface area (Å²) in [7, 11) is -4.16. The summed E-state index contributed by atoms with van der Waals surface area (Å²) in [6.45, 7) is 6.86. The van der Waals surface area contributed by atoms with Gasteiger partial charge in [-0.15, -0.1) is 0 Å². The van der Waals surface area contributed by atoms with Crippen LogP contribution in [0.1, 0.15) is 44.7 Å². The van der Waals surface area contributed by atoms with Gasteiger partial charge in [-0.05, 0) is 75.2 Å².